The topological polar surface area (TPSA) is 63.3 Å². The van der Waals surface area contributed by atoms with Gasteiger partial charge in [-0.05, 0) is 19.9 Å². The van der Waals surface area contributed by atoms with Crippen molar-refractivity contribution in [3.05, 3.63) is 23.1 Å². The van der Waals surface area contributed by atoms with Gasteiger partial charge >= 0.3 is 5.97 Å². The molecule has 0 unspecified atom stereocenters. The Balaban J connectivity index is 3.12. The van der Waals surface area contributed by atoms with Crippen molar-refractivity contribution < 1.29 is 14.4 Å². The molecule has 0 bridgehead atoms. The molecule has 1 rings (SSSR count). The van der Waals surface area contributed by atoms with Gasteiger partial charge < -0.3 is 9.63 Å². The number of hydrogen-bond donors (Lipinski definition) is 1. The van der Waals surface area contributed by atoms with Gasteiger partial charge in [0, 0.05) is 5.56 Å². The summed E-state index contributed by atoms with van der Waals surface area (Å²) in [5, 5.41) is 12.0. The molecule has 64 valence electrons. The highest BCUT2D eigenvalue weighted by Gasteiger charge is 2.15. The maximum atomic E-state index is 10.5. The van der Waals surface area contributed by atoms with Gasteiger partial charge in [-0.15, -0.1) is 0 Å². The van der Waals surface area contributed by atoms with Gasteiger partial charge in [0.1, 0.15) is 0 Å². The summed E-state index contributed by atoms with van der Waals surface area (Å²) in [4.78, 5) is 10.5. The monoisotopic (exact) mass is 167 g/mol. The molecule has 12 heavy (non-hydrogen) atoms. The van der Waals surface area contributed by atoms with E-state index in [2.05, 4.69) is 5.16 Å². The van der Waals surface area contributed by atoms with Crippen LogP contribution in [0.5, 0.6) is 0 Å². The highest BCUT2D eigenvalue weighted by atomic mass is 16.5. The molecule has 1 aromatic heterocycles. The van der Waals surface area contributed by atoms with Gasteiger partial charge in [0.2, 0.25) is 0 Å². The lowest BCUT2D eigenvalue weighted by atomic mass is 10.2. The average Bonchev–Trinajstić information content (AvgIpc) is 2.34. The first-order valence-corrected chi connectivity index (χ1v) is 3.49. The SMILES string of the molecule is C/C=C\c1onc(C(=O)O)c1C. The Morgan fingerprint density at radius 1 is 1.67 bits per heavy atom. The minimum absolute atomic E-state index is 0.0249. The molecule has 0 saturated heterocycles. The lowest BCUT2D eigenvalue weighted by Gasteiger charge is -1.86. The fraction of sp³-hybridized carbons (Fsp3) is 0.250. The van der Waals surface area contributed by atoms with E-state index in [1.54, 1.807) is 19.1 Å². The number of aromatic nitrogens is 1. The zero-order valence-electron chi connectivity index (χ0n) is 6.87. The average molecular weight is 167 g/mol. The fourth-order valence-corrected chi connectivity index (χ4v) is 0.855. The van der Waals surface area contributed by atoms with Crippen molar-refractivity contribution in [2.24, 2.45) is 0 Å². The largest absolute Gasteiger partial charge is 0.476 e. The summed E-state index contributed by atoms with van der Waals surface area (Å²) in [5.74, 6) is -0.568. The summed E-state index contributed by atoms with van der Waals surface area (Å²) in [6.45, 7) is 3.48. The summed E-state index contributed by atoms with van der Waals surface area (Å²) >= 11 is 0. The van der Waals surface area contributed by atoms with E-state index < -0.39 is 5.97 Å². The molecule has 0 spiro atoms. The van der Waals surface area contributed by atoms with Gasteiger partial charge in [-0.25, -0.2) is 4.79 Å². The van der Waals surface area contributed by atoms with E-state index in [1.165, 1.54) is 0 Å². The predicted octanol–water partition coefficient (Wildman–Crippen LogP) is 1.71. The van der Waals surface area contributed by atoms with Crippen LogP contribution < -0.4 is 0 Å². The van der Waals surface area contributed by atoms with Crippen LogP contribution in [0.15, 0.2) is 10.6 Å². The molecule has 1 aromatic rings. The minimum Gasteiger partial charge on any atom is -0.476 e. The summed E-state index contributed by atoms with van der Waals surface area (Å²) in [5.41, 5.74) is 0.531. The molecule has 4 nitrogen and oxygen atoms in total. The molecule has 1 N–H and O–H groups in total. The van der Waals surface area contributed by atoms with Crippen molar-refractivity contribution in [1.82, 2.24) is 5.16 Å². The second kappa shape index (κ2) is 3.21. The third kappa shape index (κ3) is 1.37. The van der Waals surface area contributed by atoms with E-state index in [0.717, 1.165) is 0 Å². The van der Waals surface area contributed by atoms with E-state index >= 15 is 0 Å². The van der Waals surface area contributed by atoms with E-state index in [1.807, 2.05) is 6.92 Å². The van der Waals surface area contributed by atoms with E-state index in [0.29, 0.717) is 11.3 Å². The van der Waals surface area contributed by atoms with Crippen molar-refractivity contribution in [1.29, 1.82) is 0 Å². The van der Waals surface area contributed by atoms with Crippen LogP contribution in [0.25, 0.3) is 6.08 Å². The first-order chi connectivity index (χ1) is 5.66. The van der Waals surface area contributed by atoms with Gasteiger partial charge in [0.25, 0.3) is 0 Å². The van der Waals surface area contributed by atoms with E-state index in [4.69, 9.17) is 9.63 Å². The first-order valence-electron chi connectivity index (χ1n) is 3.49. The first kappa shape index (κ1) is 8.52. The molecule has 0 radical (unpaired) electrons. The van der Waals surface area contributed by atoms with Crippen molar-refractivity contribution in [2.45, 2.75) is 13.8 Å². The van der Waals surface area contributed by atoms with Crippen LogP contribution in [-0.2, 0) is 0 Å². The molecule has 4 heteroatoms. The quantitative estimate of drug-likeness (QED) is 0.728. The number of carbonyl (C=O) groups is 1. The number of hydrogen-bond acceptors (Lipinski definition) is 3. The second-order valence-corrected chi connectivity index (χ2v) is 2.33. The zero-order chi connectivity index (χ0) is 9.14. The van der Waals surface area contributed by atoms with Crippen LogP contribution in [0.3, 0.4) is 0 Å². The molecule has 0 saturated carbocycles. The number of rotatable bonds is 2. The maximum Gasteiger partial charge on any atom is 0.358 e. The highest BCUT2D eigenvalue weighted by Crippen LogP contribution is 2.13. The lowest BCUT2D eigenvalue weighted by molar-refractivity contribution is 0.0685. The molecule has 0 aliphatic rings. The molecule has 0 aromatic carbocycles. The van der Waals surface area contributed by atoms with Crippen LogP contribution in [-0.4, -0.2) is 16.2 Å². The third-order valence-corrected chi connectivity index (χ3v) is 1.48. The highest BCUT2D eigenvalue weighted by molar-refractivity contribution is 5.87. The van der Waals surface area contributed by atoms with Crippen molar-refractivity contribution in [3.8, 4) is 0 Å². The van der Waals surface area contributed by atoms with E-state index in [9.17, 15) is 4.79 Å². The molecule has 1 heterocycles. The zero-order valence-corrected chi connectivity index (χ0v) is 6.87. The lowest BCUT2D eigenvalue weighted by Crippen LogP contribution is -1.98. The number of nitrogens with zero attached hydrogens (tertiary/aromatic N) is 1. The van der Waals surface area contributed by atoms with Crippen LogP contribution in [0, 0.1) is 6.92 Å². The Morgan fingerprint density at radius 2 is 2.33 bits per heavy atom. The number of aromatic carboxylic acids is 1. The number of carboxylic acid groups (broad SMARTS) is 1. The smallest absolute Gasteiger partial charge is 0.358 e. The third-order valence-electron chi connectivity index (χ3n) is 1.48. The molecular weight excluding hydrogens is 158 g/mol. The number of carboxylic acids is 1. The fourth-order valence-electron chi connectivity index (χ4n) is 0.855. The van der Waals surface area contributed by atoms with Crippen LogP contribution in [0.2, 0.25) is 0 Å². The molecule has 0 atom stereocenters. The van der Waals surface area contributed by atoms with Gasteiger partial charge in [-0.1, -0.05) is 11.2 Å². The molecule has 0 fully saturated rings. The summed E-state index contributed by atoms with van der Waals surface area (Å²) < 4.78 is 4.78. The van der Waals surface area contributed by atoms with Crippen LogP contribution >= 0.6 is 0 Å². The van der Waals surface area contributed by atoms with Crippen molar-refractivity contribution >= 4 is 12.0 Å². The molecule has 0 aliphatic heterocycles. The predicted molar refractivity (Wildman–Crippen MR) is 42.9 cm³/mol. The standard InChI is InChI=1S/C8H9NO3/c1-3-4-6-5(2)7(8(10)11)9-12-6/h3-4H,1-2H3,(H,10,11)/b4-3-. The second-order valence-electron chi connectivity index (χ2n) is 2.33. The normalized spacial score (nSPS) is 10.8. The van der Waals surface area contributed by atoms with Gasteiger partial charge in [0.15, 0.2) is 11.5 Å². The van der Waals surface area contributed by atoms with E-state index in [-0.39, 0.29) is 5.69 Å². The Labute approximate surface area is 69.5 Å². The summed E-state index contributed by atoms with van der Waals surface area (Å²) in [7, 11) is 0. The van der Waals surface area contributed by atoms with Gasteiger partial charge in [-0.2, -0.15) is 0 Å². The van der Waals surface area contributed by atoms with Gasteiger partial charge in [0.05, 0.1) is 0 Å². The Morgan fingerprint density at radius 3 is 2.75 bits per heavy atom. The summed E-state index contributed by atoms with van der Waals surface area (Å²) in [6, 6.07) is 0. The summed E-state index contributed by atoms with van der Waals surface area (Å²) in [6.07, 6.45) is 3.44. The molecular formula is C8H9NO3. The molecule has 0 amide bonds. The van der Waals surface area contributed by atoms with Crippen molar-refractivity contribution in [3.63, 3.8) is 0 Å². The molecule has 0 aliphatic carbocycles. The Hall–Kier alpha value is -1.58. The van der Waals surface area contributed by atoms with Crippen LogP contribution in [0.1, 0.15) is 28.7 Å². The minimum atomic E-state index is -1.06. The maximum absolute atomic E-state index is 10.5. The van der Waals surface area contributed by atoms with Gasteiger partial charge in [-0.3, -0.25) is 0 Å². The Kier molecular flexibility index (Phi) is 2.28. The number of allylic oxidation sites excluding steroid dienone is 1. The van der Waals surface area contributed by atoms with Crippen molar-refractivity contribution in [2.75, 3.05) is 0 Å². The Bertz CT molecular complexity index is 325. The van der Waals surface area contributed by atoms with Crippen LogP contribution in [0.4, 0.5) is 0 Å².